The second kappa shape index (κ2) is 6.23. The number of anilines is 1. The average molecular weight is 272 g/mol. The lowest BCUT2D eigenvalue weighted by Crippen LogP contribution is -2.34. The van der Waals surface area contributed by atoms with E-state index in [1.54, 1.807) is 23.0 Å². The number of carbonyl (C=O) groups excluding carboxylic acids is 1. The largest absolute Gasteiger partial charge is 0.397 e. The molecule has 1 amide bonds. The predicted octanol–water partition coefficient (Wildman–Crippen LogP) is 2.37. The van der Waals surface area contributed by atoms with Gasteiger partial charge in [-0.3, -0.25) is 4.79 Å². The van der Waals surface area contributed by atoms with Gasteiger partial charge < -0.3 is 11.1 Å². The molecule has 0 saturated carbocycles. The maximum atomic E-state index is 12.1. The van der Waals surface area contributed by atoms with Crippen LogP contribution >= 0.6 is 0 Å². The first-order valence-corrected chi connectivity index (χ1v) is 6.87. The fourth-order valence-electron chi connectivity index (χ4n) is 2.03. The molecule has 0 unspecified atom stereocenters. The van der Waals surface area contributed by atoms with Crippen LogP contribution in [-0.2, 0) is 0 Å². The first-order valence-electron chi connectivity index (χ1n) is 6.87. The fourth-order valence-corrected chi connectivity index (χ4v) is 2.03. The number of nitrogens with one attached hydrogen (secondary N) is 1. The normalized spacial score (nSPS) is 10.8. The number of carbonyl (C=O) groups is 1. The number of nitrogen functional groups attached to an aromatic ring is 1. The maximum absolute atomic E-state index is 12.1. The van der Waals surface area contributed by atoms with E-state index in [1.165, 1.54) is 0 Å². The molecule has 1 aromatic heterocycles. The zero-order valence-corrected chi connectivity index (χ0v) is 11.8. The van der Waals surface area contributed by atoms with E-state index in [-0.39, 0.29) is 11.9 Å². The SMILES string of the molecule is CCC(CC)NC(=O)c1ccn(-c2ccccc2N)n1. The summed E-state index contributed by atoms with van der Waals surface area (Å²) in [6, 6.07) is 9.31. The van der Waals surface area contributed by atoms with Crippen molar-refractivity contribution in [2.45, 2.75) is 32.7 Å². The topological polar surface area (TPSA) is 72.9 Å². The Kier molecular flexibility index (Phi) is 4.40. The summed E-state index contributed by atoms with van der Waals surface area (Å²) in [6.07, 6.45) is 3.57. The molecule has 1 aromatic carbocycles. The molecular weight excluding hydrogens is 252 g/mol. The van der Waals surface area contributed by atoms with Crippen molar-refractivity contribution in [3.8, 4) is 5.69 Å². The van der Waals surface area contributed by atoms with Crippen molar-refractivity contribution in [1.82, 2.24) is 15.1 Å². The third-order valence-electron chi connectivity index (χ3n) is 3.33. The van der Waals surface area contributed by atoms with Crippen LogP contribution in [-0.4, -0.2) is 21.7 Å². The Morgan fingerprint density at radius 2 is 2.00 bits per heavy atom. The van der Waals surface area contributed by atoms with Gasteiger partial charge in [0, 0.05) is 12.2 Å². The number of amides is 1. The van der Waals surface area contributed by atoms with Crippen LogP contribution in [0, 0.1) is 0 Å². The number of aromatic nitrogens is 2. The van der Waals surface area contributed by atoms with Gasteiger partial charge in [0.25, 0.3) is 5.91 Å². The molecule has 0 atom stereocenters. The Morgan fingerprint density at radius 1 is 1.30 bits per heavy atom. The van der Waals surface area contributed by atoms with E-state index in [2.05, 4.69) is 24.3 Å². The van der Waals surface area contributed by atoms with Gasteiger partial charge >= 0.3 is 0 Å². The van der Waals surface area contributed by atoms with E-state index >= 15 is 0 Å². The smallest absolute Gasteiger partial charge is 0.272 e. The zero-order valence-electron chi connectivity index (χ0n) is 11.8. The molecule has 0 bridgehead atoms. The number of benzene rings is 1. The molecule has 0 saturated heterocycles. The first kappa shape index (κ1) is 14.1. The average Bonchev–Trinajstić information content (AvgIpc) is 2.94. The highest BCUT2D eigenvalue weighted by Crippen LogP contribution is 2.15. The lowest BCUT2D eigenvalue weighted by Gasteiger charge is -2.13. The Balaban J connectivity index is 2.17. The van der Waals surface area contributed by atoms with Crippen molar-refractivity contribution in [3.05, 3.63) is 42.2 Å². The maximum Gasteiger partial charge on any atom is 0.272 e. The molecule has 2 aromatic rings. The molecule has 2 rings (SSSR count). The van der Waals surface area contributed by atoms with Gasteiger partial charge in [-0.15, -0.1) is 0 Å². The minimum Gasteiger partial charge on any atom is -0.397 e. The molecule has 0 aliphatic heterocycles. The number of para-hydroxylation sites is 2. The van der Waals surface area contributed by atoms with Crippen LogP contribution in [0.1, 0.15) is 37.2 Å². The Morgan fingerprint density at radius 3 is 2.65 bits per heavy atom. The van der Waals surface area contributed by atoms with Gasteiger partial charge in [0.15, 0.2) is 5.69 Å². The molecule has 1 heterocycles. The van der Waals surface area contributed by atoms with Crippen molar-refractivity contribution in [2.24, 2.45) is 0 Å². The van der Waals surface area contributed by atoms with E-state index in [9.17, 15) is 4.79 Å². The third-order valence-corrected chi connectivity index (χ3v) is 3.33. The van der Waals surface area contributed by atoms with E-state index < -0.39 is 0 Å². The fraction of sp³-hybridized carbons (Fsp3) is 0.333. The number of nitrogens with two attached hydrogens (primary N) is 1. The van der Waals surface area contributed by atoms with Crippen molar-refractivity contribution >= 4 is 11.6 Å². The van der Waals surface area contributed by atoms with Crippen LogP contribution in [0.5, 0.6) is 0 Å². The molecule has 5 heteroatoms. The Bertz CT molecular complexity index is 587. The molecular formula is C15H20N4O. The monoisotopic (exact) mass is 272 g/mol. The van der Waals surface area contributed by atoms with Gasteiger partial charge in [-0.2, -0.15) is 5.10 Å². The number of hydrogen-bond acceptors (Lipinski definition) is 3. The number of rotatable bonds is 5. The quantitative estimate of drug-likeness (QED) is 0.821. The van der Waals surface area contributed by atoms with Crippen LogP contribution in [0.25, 0.3) is 5.69 Å². The molecule has 0 fully saturated rings. The number of hydrogen-bond donors (Lipinski definition) is 2. The van der Waals surface area contributed by atoms with Crippen LogP contribution in [0.2, 0.25) is 0 Å². The molecule has 0 spiro atoms. The van der Waals surface area contributed by atoms with Gasteiger partial charge in [0.05, 0.1) is 11.4 Å². The van der Waals surface area contributed by atoms with Crippen molar-refractivity contribution in [3.63, 3.8) is 0 Å². The van der Waals surface area contributed by atoms with E-state index in [4.69, 9.17) is 5.73 Å². The van der Waals surface area contributed by atoms with E-state index in [0.717, 1.165) is 18.5 Å². The predicted molar refractivity (Wildman–Crippen MR) is 79.8 cm³/mol. The Hall–Kier alpha value is -2.30. The van der Waals surface area contributed by atoms with Crippen LogP contribution in [0.3, 0.4) is 0 Å². The minimum absolute atomic E-state index is 0.146. The summed E-state index contributed by atoms with van der Waals surface area (Å²) in [6.45, 7) is 4.11. The van der Waals surface area contributed by atoms with Crippen LogP contribution < -0.4 is 11.1 Å². The third kappa shape index (κ3) is 2.99. The lowest BCUT2D eigenvalue weighted by atomic mass is 10.1. The highest BCUT2D eigenvalue weighted by Gasteiger charge is 2.14. The summed E-state index contributed by atoms with van der Waals surface area (Å²) in [5.41, 5.74) is 7.70. The molecule has 5 nitrogen and oxygen atoms in total. The summed E-state index contributed by atoms with van der Waals surface area (Å²) in [5.74, 6) is -0.146. The van der Waals surface area contributed by atoms with Crippen LogP contribution in [0.4, 0.5) is 5.69 Å². The highest BCUT2D eigenvalue weighted by molar-refractivity contribution is 5.92. The summed E-state index contributed by atoms with van der Waals surface area (Å²) >= 11 is 0. The molecule has 0 radical (unpaired) electrons. The minimum atomic E-state index is -0.146. The molecule has 0 aliphatic carbocycles. The zero-order chi connectivity index (χ0) is 14.5. The second-order valence-electron chi connectivity index (χ2n) is 4.69. The van der Waals surface area contributed by atoms with E-state index in [1.807, 2.05) is 18.2 Å². The molecule has 3 N–H and O–H groups in total. The van der Waals surface area contributed by atoms with Crippen LogP contribution in [0.15, 0.2) is 36.5 Å². The summed E-state index contributed by atoms with van der Waals surface area (Å²) < 4.78 is 1.62. The van der Waals surface area contributed by atoms with Gasteiger partial charge in [0.2, 0.25) is 0 Å². The molecule has 0 aliphatic rings. The van der Waals surface area contributed by atoms with Crippen molar-refractivity contribution in [1.29, 1.82) is 0 Å². The summed E-state index contributed by atoms with van der Waals surface area (Å²) in [5, 5.41) is 7.25. The second-order valence-corrected chi connectivity index (χ2v) is 4.69. The van der Waals surface area contributed by atoms with Crippen molar-refractivity contribution in [2.75, 3.05) is 5.73 Å². The summed E-state index contributed by atoms with van der Waals surface area (Å²) in [4.78, 5) is 12.1. The van der Waals surface area contributed by atoms with Crippen molar-refractivity contribution < 1.29 is 4.79 Å². The van der Waals surface area contributed by atoms with E-state index in [0.29, 0.717) is 11.4 Å². The molecule has 106 valence electrons. The highest BCUT2D eigenvalue weighted by atomic mass is 16.2. The molecule has 20 heavy (non-hydrogen) atoms. The first-order chi connectivity index (χ1) is 9.65. The Labute approximate surface area is 118 Å². The van der Waals surface area contributed by atoms with Gasteiger partial charge in [0.1, 0.15) is 0 Å². The van der Waals surface area contributed by atoms with Gasteiger partial charge in [-0.05, 0) is 31.0 Å². The lowest BCUT2D eigenvalue weighted by molar-refractivity contribution is 0.0929. The van der Waals surface area contributed by atoms with Gasteiger partial charge in [-0.25, -0.2) is 4.68 Å². The summed E-state index contributed by atoms with van der Waals surface area (Å²) in [7, 11) is 0. The standard InChI is InChI=1S/C15H20N4O/c1-3-11(4-2)17-15(20)13-9-10-19(18-13)14-8-6-5-7-12(14)16/h5-11H,3-4,16H2,1-2H3,(H,17,20). The van der Waals surface area contributed by atoms with Gasteiger partial charge in [-0.1, -0.05) is 26.0 Å². The number of nitrogens with zero attached hydrogens (tertiary/aromatic N) is 2.